The smallest absolute Gasteiger partial charge is 0.0488 e. The molecular weight excluding hydrogens is 336 g/mol. The van der Waals surface area contributed by atoms with Crippen LogP contribution in [0.3, 0.4) is 0 Å². The summed E-state index contributed by atoms with van der Waals surface area (Å²) < 4.78 is 1.02. The van der Waals surface area contributed by atoms with Crippen LogP contribution >= 0.6 is 27.5 Å². The summed E-state index contributed by atoms with van der Waals surface area (Å²) in [6.07, 6.45) is 6.64. The highest BCUT2D eigenvalue weighted by Gasteiger charge is 2.27. The second kappa shape index (κ2) is 7.79. The third kappa shape index (κ3) is 3.76. The van der Waals surface area contributed by atoms with E-state index in [2.05, 4.69) is 39.9 Å². The lowest BCUT2D eigenvalue weighted by Crippen LogP contribution is -2.42. The fourth-order valence-corrected chi connectivity index (χ4v) is 4.16. The average Bonchev–Trinajstić information content (AvgIpc) is 2.46. The van der Waals surface area contributed by atoms with Gasteiger partial charge in [-0.05, 0) is 37.1 Å². The van der Waals surface area contributed by atoms with E-state index in [9.17, 15) is 0 Å². The van der Waals surface area contributed by atoms with Gasteiger partial charge in [0.05, 0.1) is 0 Å². The minimum Gasteiger partial charge on any atom is -0.329 e. The molecule has 1 unspecified atom stereocenters. The summed E-state index contributed by atoms with van der Waals surface area (Å²) in [7, 11) is 0. The normalized spacial score (nSPS) is 18.4. The molecule has 4 heteroatoms. The van der Waals surface area contributed by atoms with Crippen molar-refractivity contribution >= 4 is 27.5 Å². The Hall–Kier alpha value is -0.0900. The molecule has 0 radical (unpaired) electrons. The van der Waals surface area contributed by atoms with Gasteiger partial charge in [-0.25, -0.2) is 0 Å². The number of halogens is 2. The Morgan fingerprint density at radius 3 is 2.60 bits per heavy atom. The van der Waals surface area contributed by atoms with Crippen molar-refractivity contribution in [1.29, 1.82) is 0 Å². The highest BCUT2D eigenvalue weighted by atomic mass is 79.9. The number of nitrogens with zero attached hydrogens (tertiary/aromatic N) is 1. The van der Waals surface area contributed by atoms with E-state index in [4.69, 9.17) is 17.3 Å². The number of hydrogen-bond acceptors (Lipinski definition) is 2. The van der Waals surface area contributed by atoms with Gasteiger partial charge in [0.25, 0.3) is 0 Å². The van der Waals surface area contributed by atoms with Crippen LogP contribution in [0.2, 0.25) is 5.02 Å². The fourth-order valence-electron chi connectivity index (χ4n) is 3.36. The third-order valence-electron chi connectivity index (χ3n) is 4.35. The van der Waals surface area contributed by atoms with Crippen molar-refractivity contribution < 1.29 is 0 Å². The Kier molecular flexibility index (Phi) is 6.34. The van der Waals surface area contributed by atoms with Crippen LogP contribution in [-0.2, 0) is 0 Å². The molecule has 112 valence electrons. The molecule has 0 spiro atoms. The van der Waals surface area contributed by atoms with Crippen LogP contribution in [0, 0.1) is 0 Å². The van der Waals surface area contributed by atoms with Crippen molar-refractivity contribution in [1.82, 2.24) is 4.90 Å². The van der Waals surface area contributed by atoms with Crippen molar-refractivity contribution in [2.45, 2.75) is 51.1 Å². The Labute approximate surface area is 135 Å². The van der Waals surface area contributed by atoms with Gasteiger partial charge >= 0.3 is 0 Å². The highest BCUT2D eigenvalue weighted by molar-refractivity contribution is 9.10. The maximum atomic E-state index is 6.43. The molecule has 1 atom stereocenters. The second-order valence-electron chi connectivity index (χ2n) is 5.54. The number of nitrogens with two attached hydrogens (primary N) is 1. The lowest BCUT2D eigenvalue weighted by molar-refractivity contribution is 0.114. The Balaban J connectivity index is 2.23. The minimum atomic E-state index is 0.226. The maximum Gasteiger partial charge on any atom is 0.0488 e. The summed E-state index contributed by atoms with van der Waals surface area (Å²) in [5.74, 6) is 0. The Morgan fingerprint density at radius 1 is 1.35 bits per heavy atom. The predicted octanol–water partition coefficient (Wildman–Crippen LogP) is 4.76. The zero-order chi connectivity index (χ0) is 14.5. The van der Waals surface area contributed by atoms with Crippen molar-refractivity contribution in [3.05, 3.63) is 33.3 Å². The first kappa shape index (κ1) is 16.3. The van der Waals surface area contributed by atoms with E-state index in [1.807, 2.05) is 6.07 Å². The first-order valence-electron chi connectivity index (χ1n) is 7.58. The maximum absolute atomic E-state index is 6.43. The molecule has 0 aromatic heterocycles. The van der Waals surface area contributed by atoms with Gasteiger partial charge in [-0.2, -0.15) is 0 Å². The van der Waals surface area contributed by atoms with Gasteiger partial charge in [-0.15, -0.1) is 0 Å². The molecule has 2 rings (SSSR count). The summed E-state index contributed by atoms with van der Waals surface area (Å²) in [5, 5.41) is 0.809. The number of benzene rings is 1. The zero-order valence-corrected chi connectivity index (χ0v) is 14.5. The first-order chi connectivity index (χ1) is 9.67. The van der Waals surface area contributed by atoms with E-state index in [1.54, 1.807) is 0 Å². The van der Waals surface area contributed by atoms with E-state index in [0.717, 1.165) is 21.6 Å². The van der Waals surface area contributed by atoms with Crippen LogP contribution in [0.4, 0.5) is 0 Å². The van der Waals surface area contributed by atoms with Crippen molar-refractivity contribution in [2.24, 2.45) is 5.73 Å². The van der Waals surface area contributed by atoms with Crippen molar-refractivity contribution in [2.75, 3.05) is 13.1 Å². The molecular formula is C16H24BrClN2. The number of likely N-dealkylation sites (N-methyl/N-ethyl adjacent to an activating group) is 1. The molecule has 1 aliphatic carbocycles. The van der Waals surface area contributed by atoms with Crippen LogP contribution in [0.15, 0.2) is 22.7 Å². The fraction of sp³-hybridized carbons (Fsp3) is 0.625. The molecule has 20 heavy (non-hydrogen) atoms. The quantitative estimate of drug-likeness (QED) is 0.821. The summed E-state index contributed by atoms with van der Waals surface area (Å²) in [5.41, 5.74) is 7.24. The largest absolute Gasteiger partial charge is 0.329 e. The third-order valence-corrected chi connectivity index (χ3v) is 5.17. The lowest BCUT2D eigenvalue weighted by atomic mass is 9.92. The molecule has 2 nitrogen and oxygen atoms in total. The van der Waals surface area contributed by atoms with E-state index < -0.39 is 0 Å². The molecule has 0 bridgehead atoms. The Bertz CT molecular complexity index is 432. The van der Waals surface area contributed by atoms with Gasteiger partial charge in [0.1, 0.15) is 0 Å². The molecule has 0 aliphatic heterocycles. The van der Waals surface area contributed by atoms with Crippen LogP contribution in [0.25, 0.3) is 0 Å². The van der Waals surface area contributed by atoms with Crippen LogP contribution in [-0.4, -0.2) is 24.0 Å². The summed E-state index contributed by atoms with van der Waals surface area (Å²) in [6.45, 7) is 3.87. The Morgan fingerprint density at radius 2 is 2.05 bits per heavy atom. The van der Waals surface area contributed by atoms with Gasteiger partial charge in [0.2, 0.25) is 0 Å². The molecule has 1 aromatic rings. The summed E-state index contributed by atoms with van der Waals surface area (Å²) in [4.78, 5) is 2.55. The van der Waals surface area contributed by atoms with E-state index in [-0.39, 0.29) is 6.04 Å². The van der Waals surface area contributed by atoms with E-state index in [1.165, 1.54) is 32.1 Å². The summed E-state index contributed by atoms with van der Waals surface area (Å²) >= 11 is 9.90. The van der Waals surface area contributed by atoms with Crippen LogP contribution in [0.1, 0.15) is 50.6 Å². The molecule has 1 saturated carbocycles. The molecule has 1 fully saturated rings. The second-order valence-corrected chi connectivity index (χ2v) is 6.86. The standard InChI is InChI=1S/C16H24BrClN2/c1-2-20(13-6-4-3-5-7-13)16(11-19)14-9-8-12(17)10-15(14)18/h8-10,13,16H,2-7,11,19H2,1H3. The van der Waals surface area contributed by atoms with Gasteiger partial charge in [0, 0.05) is 28.1 Å². The molecule has 0 saturated heterocycles. The zero-order valence-electron chi connectivity index (χ0n) is 12.1. The minimum absolute atomic E-state index is 0.226. The molecule has 1 aliphatic rings. The highest BCUT2D eigenvalue weighted by Crippen LogP contribution is 2.33. The van der Waals surface area contributed by atoms with E-state index in [0.29, 0.717) is 12.6 Å². The van der Waals surface area contributed by atoms with Crippen molar-refractivity contribution in [3.8, 4) is 0 Å². The van der Waals surface area contributed by atoms with Gasteiger partial charge in [0.15, 0.2) is 0 Å². The van der Waals surface area contributed by atoms with E-state index >= 15 is 0 Å². The molecule has 0 amide bonds. The van der Waals surface area contributed by atoms with Gasteiger partial charge in [-0.1, -0.05) is 59.8 Å². The topological polar surface area (TPSA) is 29.3 Å². The number of hydrogen-bond donors (Lipinski definition) is 1. The van der Waals surface area contributed by atoms with Gasteiger partial charge in [-0.3, -0.25) is 4.90 Å². The van der Waals surface area contributed by atoms with Crippen LogP contribution < -0.4 is 5.73 Å². The average molecular weight is 360 g/mol. The van der Waals surface area contributed by atoms with Crippen molar-refractivity contribution in [3.63, 3.8) is 0 Å². The summed E-state index contributed by atoms with van der Waals surface area (Å²) in [6, 6.07) is 7.01. The number of rotatable bonds is 5. The first-order valence-corrected chi connectivity index (χ1v) is 8.75. The lowest BCUT2D eigenvalue weighted by Gasteiger charge is -2.39. The van der Waals surface area contributed by atoms with Crippen LogP contribution in [0.5, 0.6) is 0 Å². The van der Waals surface area contributed by atoms with Gasteiger partial charge < -0.3 is 5.73 Å². The molecule has 0 heterocycles. The molecule has 1 aromatic carbocycles. The molecule has 2 N–H and O–H groups in total. The predicted molar refractivity (Wildman–Crippen MR) is 90.2 cm³/mol. The SMILES string of the molecule is CCN(C1CCCCC1)C(CN)c1ccc(Br)cc1Cl. The monoisotopic (exact) mass is 358 g/mol.